The number of carboxylic acid groups (broad SMARTS) is 6. The van der Waals surface area contributed by atoms with E-state index in [-0.39, 0.29) is 95.2 Å². The van der Waals surface area contributed by atoms with E-state index >= 15 is 0 Å². The van der Waals surface area contributed by atoms with Gasteiger partial charge in [-0.15, -0.1) is 0 Å². The van der Waals surface area contributed by atoms with Gasteiger partial charge in [-0.1, -0.05) is 23.8 Å². The molecule has 3 heterocycles. The Hall–Kier alpha value is -8.55. The number of carbonyl (C=O) groups excluding carboxylic acids is 3. The van der Waals surface area contributed by atoms with Crippen molar-refractivity contribution in [2.75, 3.05) is 103 Å². The van der Waals surface area contributed by atoms with Crippen LogP contribution < -0.4 is 31.4 Å². The van der Waals surface area contributed by atoms with Gasteiger partial charge in [-0.3, -0.25) is 58.0 Å². The molecular weight excluding hydrogens is 1310 g/mol. The summed E-state index contributed by atoms with van der Waals surface area (Å²) in [6.45, 7) is 3.32. The molecule has 0 radical (unpaired) electrons. The number of imidazole rings is 1. The average molecular weight is 1380 g/mol. The first-order valence-corrected chi connectivity index (χ1v) is 30.4. The molecule has 3 amide bonds. The number of amides is 3. The molecule has 33 nitrogen and oxygen atoms in total. The molecule has 1 saturated heterocycles. The number of nitrogens with one attached hydrogen (secondary N) is 6. The van der Waals surface area contributed by atoms with E-state index in [1.165, 1.54) is 16.8 Å². The van der Waals surface area contributed by atoms with Gasteiger partial charge in [-0.05, 0) is 56.0 Å². The Morgan fingerprint density at radius 2 is 1.15 bits per heavy atom. The molecule has 0 bridgehead atoms. The van der Waals surface area contributed by atoms with Crippen molar-refractivity contribution in [3.05, 3.63) is 87.0 Å². The van der Waals surface area contributed by atoms with E-state index in [9.17, 15) is 107 Å². The minimum Gasteiger partial charge on any atom is -0.480 e. The van der Waals surface area contributed by atoms with Crippen LogP contribution in [0, 0.1) is 20.8 Å². The summed E-state index contributed by atoms with van der Waals surface area (Å²) >= 11 is 0. The molecule has 93 heavy (non-hydrogen) atoms. The number of aromatic amines is 1. The second kappa shape index (κ2) is 35.5. The van der Waals surface area contributed by atoms with Crippen LogP contribution in [0.15, 0.2) is 58.6 Å². The molecular formula is C52H70F6N12O21S2. The van der Waals surface area contributed by atoms with Crippen molar-refractivity contribution >= 4 is 91.3 Å². The van der Waals surface area contributed by atoms with Gasteiger partial charge in [0.2, 0.25) is 27.3 Å². The lowest BCUT2D eigenvalue weighted by atomic mass is 10.1. The molecule has 5 rings (SSSR count). The van der Waals surface area contributed by atoms with Crippen molar-refractivity contribution in [2.45, 2.75) is 69.6 Å². The molecule has 0 spiro atoms. The molecule has 0 aliphatic carbocycles. The predicted molar refractivity (Wildman–Crippen MR) is 315 cm³/mol. The number of alkyl halides is 6. The third-order valence-corrected chi connectivity index (χ3v) is 15.6. The van der Waals surface area contributed by atoms with E-state index in [1.54, 1.807) is 77.0 Å². The van der Waals surface area contributed by atoms with Crippen molar-refractivity contribution < 1.29 is 122 Å². The van der Waals surface area contributed by atoms with Gasteiger partial charge in [-0.2, -0.15) is 31.1 Å². The first-order chi connectivity index (χ1) is 43.1. The minimum atomic E-state index is -5.08. The number of anilines is 1. The highest BCUT2D eigenvalue weighted by atomic mass is 32.3. The molecule has 1 fully saturated rings. The molecule has 1 aliphatic heterocycles. The van der Waals surface area contributed by atoms with Crippen molar-refractivity contribution in [3.63, 3.8) is 0 Å². The first kappa shape index (κ1) is 78.7. The highest BCUT2D eigenvalue weighted by molar-refractivity contribution is 8.19. The Kier molecular flexibility index (Phi) is 30.0. The SMILES string of the molecule is Cc1cc(C)c(S(=O)(=O)N[C@@H](CNC(=O)c2cn(CCCNC(=O)[C@H](CS(O)(O)O)NC(=O)CN3CCN(CC(=O)O)CCN(CC(=O)O)CCN(CC(=O)O)CC3)c3cc(CNc4ncc[nH]4)ccc3c2=O)C(=O)O)c(C)c1.O=C(O)C(F)(F)F.O=C(O)C(F)(F)F. The number of H-pyrrole nitrogens is 1. The van der Waals surface area contributed by atoms with E-state index in [4.69, 9.17) is 19.8 Å². The predicted octanol–water partition coefficient (Wildman–Crippen LogP) is 0.380. The lowest BCUT2D eigenvalue weighted by Gasteiger charge is -2.33. The standard InChI is InChI=1S/C48H68N12O17S2.2C2HF3O2/c1-30-19-31(2)44(32(3)20-30)79(76,77)55-36(47(71)72)23-52-45(69)35-24-60(38-21-33(5-6-34(38)43(35)68)22-53-48-50-8-9-51-48)10-4-7-49-46(70)37(29-78(73,74)75)54-39(61)25-56-11-13-57(26-40(62)63)15-17-59(28-42(66)67)18-16-58(14-12-56)27-41(64)65;2*3-2(4,5)1(6)7/h5-6,8-9,19-21,24,36-37,55,73-75H,4,7,10-18,22-23,25-29H2,1-3H3,(H,49,70)(H,52,69)(H,54,61)(H,62,63)(H,64,65)(H,66,67)(H,71,72)(H2,50,51,53);2*(H,6,7)/t36-,37-;;/m0../s1. The summed E-state index contributed by atoms with van der Waals surface area (Å²) in [5, 5.41) is 63.4. The largest absolute Gasteiger partial charge is 0.490 e. The second-order valence-electron chi connectivity index (χ2n) is 20.6. The number of nitrogens with zero attached hydrogens (tertiary/aromatic N) is 6. The van der Waals surface area contributed by atoms with Gasteiger partial charge in [0, 0.05) is 103 Å². The van der Waals surface area contributed by atoms with Gasteiger partial charge in [0.15, 0.2) is 5.95 Å². The Morgan fingerprint density at radius 3 is 1.57 bits per heavy atom. The van der Waals surface area contributed by atoms with E-state index in [2.05, 4.69) is 36.0 Å². The number of benzene rings is 2. The van der Waals surface area contributed by atoms with Crippen LogP contribution in [-0.2, 0) is 61.5 Å². The van der Waals surface area contributed by atoms with Crippen LogP contribution in [0.1, 0.15) is 39.0 Å². The zero-order chi connectivity index (χ0) is 70.3. The molecule has 41 heteroatoms. The van der Waals surface area contributed by atoms with Gasteiger partial charge < -0.3 is 75.1 Å². The molecule has 15 N–H and O–H groups in total. The highest BCUT2D eigenvalue weighted by Gasteiger charge is 2.39. The van der Waals surface area contributed by atoms with Crippen LogP contribution in [0.4, 0.5) is 32.3 Å². The summed E-state index contributed by atoms with van der Waals surface area (Å²) in [5.74, 6) is -13.9. The lowest BCUT2D eigenvalue weighted by molar-refractivity contribution is -0.193. The number of pyridine rings is 1. The lowest BCUT2D eigenvalue weighted by Crippen LogP contribution is -2.53. The summed E-state index contributed by atoms with van der Waals surface area (Å²) in [4.78, 5) is 133. The van der Waals surface area contributed by atoms with Gasteiger partial charge >= 0.3 is 48.2 Å². The number of hydrogen-bond donors (Lipinski definition) is 15. The quantitative estimate of drug-likeness (QED) is 0.0298. The van der Waals surface area contributed by atoms with Gasteiger partial charge in [0.05, 0.1) is 53.2 Å². The average Bonchev–Trinajstić information content (AvgIpc) is 1.30. The number of aryl methyl sites for hydroxylation is 4. The van der Waals surface area contributed by atoms with E-state index < -0.39 is 142 Å². The van der Waals surface area contributed by atoms with E-state index in [0.29, 0.717) is 28.2 Å². The summed E-state index contributed by atoms with van der Waals surface area (Å²) in [6, 6.07) is 4.47. The fourth-order valence-electron chi connectivity index (χ4n) is 8.97. The molecule has 2 aromatic carbocycles. The van der Waals surface area contributed by atoms with Crippen molar-refractivity contribution in [3.8, 4) is 0 Å². The maximum absolute atomic E-state index is 14.0. The summed E-state index contributed by atoms with van der Waals surface area (Å²) in [5.41, 5.74) is 1.37. The van der Waals surface area contributed by atoms with Crippen LogP contribution in [0.2, 0.25) is 0 Å². The van der Waals surface area contributed by atoms with Crippen LogP contribution >= 0.6 is 10.9 Å². The molecule has 0 unspecified atom stereocenters. The summed E-state index contributed by atoms with van der Waals surface area (Å²) < 4.78 is 124. The number of carbonyl (C=O) groups is 9. The monoisotopic (exact) mass is 1380 g/mol. The normalized spacial score (nSPS) is 15.1. The molecule has 2 aromatic heterocycles. The number of carboxylic acids is 6. The fraction of sp³-hybridized carbons (Fsp3) is 0.481. The van der Waals surface area contributed by atoms with Crippen LogP contribution in [0.25, 0.3) is 10.9 Å². The number of aliphatic carboxylic acids is 6. The van der Waals surface area contributed by atoms with Gasteiger partial charge in [0.1, 0.15) is 17.6 Å². The topological polar surface area (TPSA) is 494 Å². The van der Waals surface area contributed by atoms with Crippen LogP contribution in [0.3, 0.4) is 0 Å². The smallest absolute Gasteiger partial charge is 0.480 e. The molecule has 0 saturated carbocycles. The van der Waals surface area contributed by atoms with Gasteiger partial charge in [0.25, 0.3) is 5.91 Å². The maximum atomic E-state index is 14.0. The fourth-order valence-corrected chi connectivity index (χ4v) is 11.3. The van der Waals surface area contributed by atoms with Crippen molar-refractivity contribution in [1.82, 2.24) is 54.8 Å². The minimum absolute atomic E-state index is 0.00420. The number of sulfonamides is 1. The number of hydrogen-bond acceptors (Lipinski definition) is 21. The number of aromatic nitrogens is 3. The Balaban J connectivity index is 0.00000144. The van der Waals surface area contributed by atoms with E-state index in [0.717, 1.165) is 5.56 Å². The molecule has 4 aromatic rings. The van der Waals surface area contributed by atoms with Crippen molar-refractivity contribution in [2.24, 2.45) is 0 Å². The number of rotatable bonds is 26. The third-order valence-electron chi connectivity index (χ3n) is 13.1. The zero-order valence-electron chi connectivity index (χ0n) is 49.7. The summed E-state index contributed by atoms with van der Waals surface area (Å²) in [7, 11) is -8.83. The Morgan fingerprint density at radius 1 is 0.677 bits per heavy atom. The Labute approximate surface area is 525 Å². The van der Waals surface area contributed by atoms with Crippen LogP contribution in [0.5, 0.6) is 0 Å². The van der Waals surface area contributed by atoms with Crippen LogP contribution in [-0.4, -0.2) is 262 Å². The van der Waals surface area contributed by atoms with E-state index in [1.807, 2.05) is 0 Å². The third kappa shape index (κ3) is 28.1. The van der Waals surface area contributed by atoms with Gasteiger partial charge in [-0.25, -0.2) is 23.0 Å². The second-order valence-corrected chi connectivity index (χ2v) is 23.9. The van der Waals surface area contributed by atoms with Crippen molar-refractivity contribution in [1.29, 1.82) is 0 Å². The number of halogens is 6. The molecule has 2 atom stereocenters. The summed E-state index contributed by atoms with van der Waals surface area (Å²) in [6.07, 6.45) is -5.72. The Bertz CT molecular complexity index is 3390. The highest BCUT2D eigenvalue weighted by Crippen LogP contribution is 2.33. The number of fused-ring (bicyclic) bond motifs is 1. The maximum Gasteiger partial charge on any atom is 0.490 e. The molecule has 518 valence electrons. The molecule has 1 aliphatic rings. The zero-order valence-corrected chi connectivity index (χ0v) is 51.3. The first-order valence-electron chi connectivity index (χ1n) is 27.3.